The smallest absolute Gasteiger partial charge is 0.257 e. The number of benzene rings is 2. The molecule has 3 aromatic rings. The molecule has 0 atom stereocenters. The lowest BCUT2D eigenvalue weighted by molar-refractivity contribution is 0.102. The van der Waals surface area contributed by atoms with Crippen molar-refractivity contribution in [2.24, 2.45) is 0 Å². The van der Waals surface area contributed by atoms with Crippen molar-refractivity contribution in [1.29, 1.82) is 0 Å². The number of amides is 1. The number of hydrogen-bond acceptors (Lipinski definition) is 3. The SMILES string of the molecule is Cc1ccc(-c2cncnc2NC(=O)c2ccccc2C)cc1. The fourth-order valence-electron chi connectivity index (χ4n) is 2.38. The second-order valence-electron chi connectivity index (χ2n) is 5.42. The zero-order valence-corrected chi connectivity index (χ0v) is 13.1. The number of aryl methyl sites for hydroxylation is 2. The minimum absolute atomic E-state index is 0.171. The molecule has 1 amide bonds. The van der Waals surface area contributed by atoms with Crippen molar-refractivity contribution in [3.8, 4) is 11.1 Å². The Labute approximate surface area is 135 Å². The highest BCUT2D eigenvalue weighted by molar-refractivity contribution is 6.06. The molecule has 0 unspecified atom stereocenters. The molecule has 1 N–H and O–H groups in total. The summed E-state index contributed by atoms with van der Waals surface area (Å²) >= 11 is 0. The summed E-state index contributed by atoms with van der Waals surface area (Å²) in [6, 6.07) is 15.5. The van der Waals surface area contributed by atoms with Crippen LogP contribution in [-0.2, 0) is 0 Å². The van der Waals surface area contributed by atoms with Gasteiger partial charge in [0.15, 0.2) is 0 Å². The minimum atomic E-state index is -0.171. The largest absolute Gasteiger partial charge is 0.306 e. The molecule has 0 saturated heterocycles. The number of carbonyl (C=O) groups is 1. The third kappa shape index (κ3) is 3.26. The van der Waals surface area contributed by atoms with Gasteiger partial charge in [-0.15, -0.1) is 0 Å². The average Bonchev–Trinajstić information content (AvgIpc) is 2.56. The van der Waals surface area contributed by atoms with Crippen molar-refractivity contribution >= 4 is 11.7 Å². The Morgan fingerprint density at radius 1 is 1.00 bits per heavy atom. The second kappa shape index (κ2) is 6.40. The Balaban J connectivity index is 1.94. The first-order chi connectivity index (χ1) is 11.1. The Morgan fingerprint density at radius 2 is 1.74 bits per heavy atom. The van der Waals surface area contributed by atoms with Gasteiger partial charge in [0.05, 0.1) is 0 Å². The topological polar surface area (TPSA) is 54.9 Å². The lowest BCUT2D eigenvalue weighted by Crippen LogP contribution is -2.15. The third-order valence-electron chi connectivity index (χ3n) is 3.70. The molecule has 0 spiro atoms. The Morgan fingerprint density at radius 3 is 2.48 bits per heavy atom. The fourth-order valence-corrected chi connectivity index (χ4v) is 2.38. The van der Waals surface area contributed by atoms with E-state index in [4.69, 9.17) is 0 Å². The highest BCUT2D eigenvalue weighted by Crippen LogP contribution is 2.26. The molecule has 4 nitrogen and oxygen atoms in total. The summed E-state index contributed by atoms with van der Waals surface area (Å²) in [6.07, 6.45) is 3.15. The molecule has 0 aliphatic carbocycles. The van der Waals surface area contributed by atoms with Gasteiger partial charge < -0.3 is 5.32 Å². The standard InChI is InChI=1S/C19H17N3O/c1-13-7-9-15(10-8-13)17-11-20-12-21-18(17)22-19(23)16-6-4-3-5-14(16)2/h3-12H,1-2H3,(H,20,21,22,23). The van der Waals surface area contributed by atoms with E-state index in [2.05, 4.69) is 15.3 Å². The molecule has 1 heterocycles. The van der Waals surface area contributed by atoms with Crippen LogP contribution in [0, 0.1) is 13.8 Å². The number of aromatic nitrogens is 2. The zero-order chi connectivity index (χ0) is 16.2. The summed E-state index contributed by atoms with van der Waals surface area (Å²) in [5.41, 5.74) is 4.51. The highest BCUT2D eigenvalue weighted by Gasteiger charge is 2.13. The maximum absolute atomic E-state index is 12.5. The van der Waals surface area contributed by atoms with Crippen LogP contribution in [0.15, 0.2) is 61.1 Å². The maximum Gasteiger partial charge on any atom is 0.257 e. The van der Waals surface area contributed by atoms with Gasteiger partial charge in [-0.25, -0.2) is 9.97 Å². The molecule has 114 valence electrons. The van der Waals surface area contributed by atoms with E-state index in [0.717, 1.165) is 16.7 Å². The van der Waals surface area contributed by atoms with Crippen LogP contribution in [-0.4, -0.2) is 15.9 Å². The number of rotatable bonds is 3. The number of anilines is 1. The summed E-state index contributed by atoms with van der Waals surface area (Å²) in [4.78, 5) is 20.8. The van der Waals surface area contributed by atoms with Crippen molar-refractivity contribution < 1.29 is 4.79 Å². The first-order valence-corrected chi connectivity index (χ1v) is 7.39. The first-order valence-electron chi connectivity index (χ1n) is 7.39. The van der Waals surface area contributed by atoms with E-state index in [1.165, 1.54) is 11.9 Å². The monoisotopic (exact) mass is 303 g/mol. The van der Waals surface area contributed by atoms with Gasteiger partial charge in [-0.1, -0.05) is 48.0 Å². The molecule has 0 fully saturated rings. The molecule has 4 heteroatoms. The van der Waals surface area contributed by atoms with Crippen LogP contribution in [0.2, 0.25) is 0 Å². The van der Waals surface area contributed by atoms with E-state index in [0.29, 0.717) is 11.4 Å². The Hall–Kier alpha value is -3.01. The molecule has 0 bridgehead atoms. The first kappa shape index (κ1) is 14.9. The quantitative estimate of drug-likeness (QED) is 0.795. The van der Waals surface area contributed by atoms with Gasteiger partial charge in [0.25, 0.3) is 5.91 Å². The summed E-state index contributed by atoms with van der Waals surface area (Å²) in [5, 5.41) is 2.89. The van der Waals surface area contributed by atoms with E-state index in [1.54, 1.807) is 12.3 Å². The number of hydrogen-bond donors (Lipinski definition) is 1. The van der Waals surface area contributed by atoms with Crippen LogP contribution < -0.4 is 5.32 Å². The van der Waals surface area contributed by atoms with Gasteiger partial charge in [0.2, 0.25) is 0 Å². The number of nitrogens with zero attached hydrogens (tertiary/aromatic N) is 2. The van der Waals surface area contributed by atoms with Crippen LogP contribution in [0.5, 0.6) is 0 Å². The van der Waals surface area contributed by atoms with Crippen molar-refractivity contribution in [3.63, 3.8) is 0 Å². The highest BCUT2D eigenvalue weighted by atomic mass is 16.1. The molecule has 23 heavy (non-hydrogen) atoms. The number of nitrogens with one attached hydrogen (secondary N) is 1. The summed E-state index contributed by atoms with van der Waals surface area (Å²) in [7, 11) is 0. The third-order valence-corrected chi connectivity index (χ3v) is 3.70. The Kier molecular flexibility index (Phi) is 4.15. The zero-order valence-electron chi connectivity index (χ0n) is 13.1. The summed E-state index contributed by atoms with van der Waals surface area (Å²) in [5.74, 6) is 0.340. The minimum Gasteiger partial charge on any atom is -0.306 e. The predicted molar refractivity (Wildman–Crippen MR) is 91.3 cm³/mol. The van der Waals surface area contributed by atoms with Gasteiger partial charge >= 0.3 is 0 Å². The number of carbonyl (C=O) groups excluding carboxylic acids is 1. The average molecular weight is 303 g/mol. The van der Waals surface area contributed by atoms with Crippen LogP contribution in [0.25, 0.3) is 11.1 Å². The van der Waals surface area contributed by atoms with E-state index in [-0.39, 0.29) is 5.91 Å². The molecule has 2 aromatic carbocycles. The van der Waals surface area contributed by atoms with Crippen molar-refractivity contribution in [2.45, 2.75) is 13.8 Å². The molecule has 1 aromatic heterocycles. The lowest BCUT2D eigenvalue weighted by Gasteiger charge is -2.11. The van der Waals surface area contributed by atoms with Crippen LogP contribution in [0.4, 0.5) is 5.82 Å². The van der Waals surface area contributed by atoms with Gasteiger partial charge in [-0.2, -0.15) is 0 Å². The fraction of sp³-hybridized carbons (Fsp3) is 0.105. The lowest BCUT2D eigenvalue weighted by atomic mass is 10.1. The van der Waals surface area contributed by atoms with Gasteiger partial charge in [0.1, 0.15) is 12.1 Å². The second-order valence-corrected chi connectivity index (χ2v) is 5.42. The van der Waals surface area contributed by atoms with Crippen LogP contribution >= 0.6 is 0 Å². The molecule has 0 aliphatic heterocycles. The maximum atomic E-state index is 12.5. The van der Waals surface area contributed by atoms with Gasteiger partial charge in [-0.05, 0) is 31.0 Å². The van der Waals surface area contributed by atoms with Crippen molar-refractivity contribution in [3.05, 3.63) is 77.7 Å². The van der Waals surface area contributed by atoms with Crippen LogP contribution in [0.1, 0.15) is 21.5 Å². The normalized spacial score (nSPS) is 10.3. The molecule has 0 aliphatic rings. The van der Waals surface area contributed by atoms with E-state index < -0.39 is 0 Å². The molecule has 0 saturated carbocycles. The molecule has 3 rings (SSSR count). The molecular formula is C19H17N3O. The van der Waals surface area contributed by atoms with E-state index >= 15 is 0 Å². The van der Waals surface area contributed by atoms with Crippen molar-refractivity contribution in [1.82, 2.24) is 9.97 Å². The van der Waals surface area contributed by atoms with Crippen LogP contribution in [0.3, 0.4) is 0 Å². The van der Waals surface area contributed by atoms with Gasteiger partial charge in [0, 0.05) is 17.3 Å². The predicted octanol–water partition coefficient (Wildman–Crippen LogP) is 4.01. The molecular weight excluding hydrogens is 286 g/mol. The summed E-state index contributed by atoms with van der Waals surface area (Å²) < 4.78 is 0. The van der Waals surface area contributed by atoms with Gasteiger partial charge in [-0.3, -0.25) is 4.79 Å². The molecule has 0 radical (unpaired) electrons. The van der Waals surface area contributed by atoms with E-state index in [9.17, 15) is 4.79 Å². The van der Waals surface area contributed by atoms with E-state index in [1.807, 2.05) is 56.3 Å². The summed E-state index contributed by atoms with van der Waals surface area (Å²) in [6.45, 7) is 3.95. The van der Waals surface area contributed by atoms with Crippen molar-refractivity contribution in [2.75, 3.05) is 5.32 Å². The Bertz CT molecular complexity index is 841.